The Balaban J connectivity index is 2.04. The highest BCUT2D eigenvalue weighted by Gasteiger charge is 2.00. The van der Waals surface area contributed by atoms with Crippen LogP contribution in [0.5, 0.6) is 0 Å². The van der Waals surface area contributed by atoms with Gasteiger partial charge in [-0.1, -0.05) is 26.2 Å². The summed E-state index contributed by atoms with van der Waals surface area (Å²) in [6.45, 7) is 3.43. The van der Waals surface area contributed by atoms with Crippen molar-refractivity contribution in [2.24, 2.45) is 0 Å². The molecule has 1 heterocycles. The lowest BCUT2D eigenvalue weighted by Gasteiger charge is -2.05. The van der Waals surface area contributed by atoms with Crippen LogP contribution in [-0.2, 0) is 11.3 Å². The summed E-state index contributed by atoms with van der Waals surface area (Å²) in [5.74, 6) is 0.126. The predicted octanol–water partition coefficient (Wildman–Crippen LogP) is 1.55. The van der Waals surface area contributed by atoms with E-state index in [1.54, 1.807) is 17.1 Å². The van der Waals surface area contributed by atoms with E-state index in [1.165, 1.54) is 12.8 Å². The van der Waals surface area contributed by atoms with Gasteiger partial charge in [-0.25, -0.2) is 0 Å². The number of carbonyl (C=O) groups excluding carboxylic acids is 1. The molecular weight excluding hydrogens is 216 g/mol. The lowest BCUT2D eigenvalue weighted by atomic mass is 10.1. The lowest BCUT2D eigenvalue weighted by molar-refractivity contribution is -0.121. The molecule has 96 valence electrons. The Bertz CT molecular complexity index is 335. The zero-order valence-electron chi connectivity index (χ0n) is 10.5. The fraction of sp³-hybridized carbons (Fsp3) is 0.667. The SMILES string of the molecule is CCCCCCC(=O)NCCn1cc(N)cn1. The molecule has 0 aliphatic carbocycles. The number of hydrogen-bond acceptors (Lipinski definition) is 3. The second-order valence-electron chi connectivity index (χ2n) is 4.20. The Morgan fingerprint density at radius 2 is 2.29 bits per heavy atom. The topological polar surface area (TPSA) is 72.9 Å². The molecule has 5 heteroatoms. The third-order valence-electron chi connectivity index (χ3n) is 2.57. The van der Waals surface area contributed by atoms with Crippen molar-refractivity contribution in [2.75, 3.05) is 12.3 Å². The lowest BCUT2D eigenvalue weighted by Crippen LogP contribution is -2.27. The van der Waals surface area contributed by atoms with Crippen molar-refractivity contribution in [3.05, 3.63) is 12.4 Å². The van der Waals surface area contributed by atoms with Crippen molar-refractivity contribution in [3.8, 4) is 0 Å². The van der Waals surface area contributed by atoms with Gasteiger partial charge < -0.3 is 11.1 Å². The van der Waals surface area contributed by atoms with Crippen LogP contribution in [0.2, 0.25) is 0 Å². The number of amides is 1. The number of anilines is 1. The maximum absolute atomic E-state index is 11.4. The molecule has 1 amide bonds. The Labute approximate surface area is 102 Å². The van der Waals surface area contributed by atoms with Crippen molar-refractivity contribution in [1.82, 2.24) is 15.1 Å². The van der Waals surface area contributed by atoms with E-state index in [4.69, 9.17) is 5.73 Å². The van der Waals surface area contributed by atoms with Crippen LogP contribution in [-0.4, -0.2) is 22.2 Å². The van der Waals surface area contributed by atoms with E-state index in [0.29, 0.717) is 25.2 Å². The van der Waals surface area contributed by atoms with Gasteiger partial charge in [-0.3, -0.25) is 9.48 Å². The van der Waals surface area contributed by atoms with E-state index in [2.05, 4.69) is 17.3 Å². The first-order valence-corrected chi connectivity index (χ1v) is 6.27. The summed E-state index contributed by atoms with van der Waals surface area (Å²) in [6.07, 6.45) is 8.51. The molecular formula is C12H22N4O. The zero-order valence-corrected chi connectivity index (χ0v) is 10.5. The fourth-order valence-corrected chi connectivity index (χ4v) is 1.61. The number of hydrogen-bond donors (Lipinski definition) is 2. The first-order chi connectivity index (χ1) is 8.22. The number of carbonyl (C=O) groups is 1. The monoisotopic (exact) mass is 238 g/mol. The van der Waals surface area contributed by atoms with Crippen molar-refractivity contribution in [1.29, 1.82) is 0 Å². The summed E-state index contributed by atoms with van der Waals surface area (Å²) in [4.78, 5) is 11.4. The molecule has 0 saturated heterocycles. The molecule has 0 unspecified atom stereocenters. The number of nitrogen functional groups attached to an aromatic ring is 1. The third kappa shape index (κ3) is 5.94. The molecule has 5 nitrogen and oxygen atoms in total. The standard InChI is InChI=1S/C12H22N4O/c1-2-3-4-5-6-12(17)14-7-8-16-10-11(13)9-15-16/h9-10H,2-8,13H2,1H3,(H,14,17). The maximum Gasteiger partial charge on any atom is 0.220 e. The Hall–Kier alpha value is -1.52. The number of unbranched alkanes of at least 4 members (excludes halogenated alkanes) is 3. The highest BCUT2D eigenvalue weighted by Crippen LogP contribution is 2.02. The number of nitrogens with zero attached hydrogens (tertiary/aromatic N) is 2. The van der Waals surface area contributed by atoms with Crippen LogP contribution < -0.4 is 11.1 Å². The van der Waals surface area contributed by atoms with Gasteiger partial charge in [-0.15, -0.1) is 0 Å². The summed E-state index contributed by atoms with van der Waals surface area (Å²) < 4.78 is 1.73. The largest absolute Gasteiger partial charge is 0.396 e. The second-order valence-corrected chi connectivity index (χ2v) is 4.20. The summed E-state index contributed by atoms with van der Waals surface area (Å²) in [6, 6.07) is 0. The molecule has 1 rings (SSSR count). The van der Waals surface area contributed by atoms with Gasteiger partial charge in [0, 0.05) is 19.2 Å². The van der Waals surface area contributed by atoms with E-state index >= 15 is 0 Å². The van der Waals surface area contributed by atoms with Crippen LogP contribution in [0.3, 0.4) is 0 Å². The maximum atomic E-state index is 11.4. The summed E-state index contributed by atoms with van der Waals surface area (Å²) in [7, 11) is 0. The van der Waals surface area contributed by atoms with Crippen LogP contribution in [0.1, 0.15) is 39.0 Å². The summed E-state index contributed by atoms with van der Waals surface area (Å²) in [5.41, 5.74) is 6.18. The van der Waals surface area contributed by atoms with Gasteiger partial charge in [0.05, 0.1) is 18.4 Å². The van der Waals surface area contributed by atoms with Crippen LogP contribution in [0.25, 0.3) is 0 Å². The number of nitrogens with two attached hydrogens (primary N) is 1. The molecule has 0 fully saturated rings. The Morgan fingerprint density at radius 3 is 2.94 bits per heavy atom. The molecule has 0 atom stereocenters. The van der Waals surface area contributed by atoms with Gasteiger partial charge in [0.25, 0.3) is 0 Å². The van der Waals surface area contributed by atoms with E-state index in [1.807, 2.05) is 0 Å². The molecule has 3 N–H and O–H groups in total. The smallest absolute Gasteiger partial charge is 0.220 e. The highest BCUT2D eigenvalue weighted by atomic mass is 16.1. The average molecular weight is 238 g/mol. The van der Waals surface area contributed by atoms with E-state index < -0.39 is 0 Å². The van der Waals surface area contributed by atoms with Crippen LogP contribution in [0.15, 0.2) is 12.4 Å². The third-order valence-corrected chi connectivity index (χ3v) is 2.57. The predicted molar refractivity (Wildman–Crippen MR) is 68.4 cm³/mol. The summed E-state index contributed by atoms with van der Waals surface area (Å²) >= 11 is 0. The highest BCUT2D eigenvalue weighted by molar-refractivity contribution is 5.75. The van der Waals surface area contributed by atoms with Crippen LogP contribution >= 0.6 is 0 Å². The zero-order chi connectivity index (χ0) is 12.5. The molecule has 0 radical (unpaired) electrons. The molecule has 17 heavy (non-hydrogen) atoms. The van der Waals surface area contributed by atoms with Crippen molar-refractivity contribution < 1.29 is 4.79 Å². The number of nitrogens with one attached hydrogen (secondary N) is 1. The average Bonchev–Trinajstić information content (AvgIpc) is 2.71. The van der Waals surface area contributed by atoms with Gasteiger partial charge >= 0.3 is 0 Å². The van der Waals surface area contributed by atoms with Gasteiger partial charge in [0.15, 0.2) is 0 Å². The van der Waals surface area contributed by atoms with Crippen LogP contribution in [0, 0.1) is 0 Å². The molecule has 1 aromatic rings. The van der Waals surface area contributed by atoms with Crippen molar-refractivity contribution in [3.63, 3.8) is 0 Å². The minimum Gasteiger partial charge on any atom is -0.396 e. The van der Waals surface area contributed by atoms with Crippen LogP contribution in [0.4, 0.5) is 5.69 Å². The van der Waals surface area contributed by atoms with Gasteiger partial charge in [-0.05, 0) is 6.42 Å². The number of rotatable bonds is 8. The van der Waals surface area contributed by atoms with E-state index in [9.17, 15) is 4.79 Å². The molecule has 0 saturated carbocycles. The minimum absolute atomic E-state index is 0.126. The Kier molecular flexibility index (Phi) is 6.14. The molecule has 1 aromatic heterocycles. The molecule has 0 aliphatic rings. The Morgan fingerprint density at radius 1 is 1.47 bits per heavy atom. The van der Waals surface area contributed by atoms with Gasteiger partial charge in [0.1, 0.15) is 0 Å². The van der Waals surface area contributed by atoms with Crippen molar-refractivity contribution in [2.45, 2.75) is 45.6 Å². The van der Waals surface area contributed by atoms with E-state index in [0.717, 1.165) is 12.8 Å². The van der Waals surface area contributed by atoms with Gasteiger partial charge in [0.2, 0.25) is 5.91 Å². The van der Waals surface area contributed by atoms with Gasteiger partial charge in [-0.2, -0.15) is 5.10 Å². The fourth-order valence-electron chi connectivity index (χ4n) is 1.61. The normalized spacial score (nSPS) is 10.4. The molecule has 0 aromatic carbocycles. The molecule has 0 spiro atoms. The summed E-state index contributed by atoms with van der Waals surface area (Å²) in [5, 5.41) is 6.92. The first kappa shape index (κ1) is 13.5. The van der Waals surface area contributed by atoms with E-state index in [-0.39, 0.29) is 5.91 Å². The quantitative estimate of drug-likeness (QED) is 0.675. The molecule has 0 aliphatic heterocycles. The number of aromatic nitrogens is 2. The molecule has 0 bridgehead atoms. The minimum atomic E-state index is 0.126. The van der Waals surface area contributed by atoms with Crippen molar-refractivity contribution >= 4 is 11.6 Å². The second kappa shape index (κ2) is 7.70. The first-order valence-electron chi connectivity index (χ1n) is 6.27.